The molecule has 0 unspecified atom stereocenters. The number of hydrogen-bond donors (Lipinski definition) is 0. The summed E-state index contributed by atoms with van der Waals surface area (Å²) in [7, 11) is 8.13. The molecule has 1 aliphatic rings. The van der Waals surface area contributed by atoms with Crippen molar-refractivity contribution in [1.29, 1.82) is 0 Å². The van der Waals surface area contributed by atoms with Gasteiger partial charge < -0.3 is 9.80 Å². The molecule has 1 radical (unpaired) electrons. The van der Waals surface area contributed by atoms with Gasteiger partial charge in [0.25, 0.3) is 0 Å². The van der Waals surface area contributed by atoms with E-state index in [1.54, 1.807) is 0 Å². The lowest BCUT2D eigenvalue weighted by Gasteiger charge is -2.17. The molecule has 1 saturated heterocycles. The molecule has 1 heterocycles. The molecule has 0 spiro atoms. The molecule has 1 atom stereocenters. The van der Waals surface area contributed by atoms with Crippen molar-refractivity contribution in [2.24, 2.45) is 0 Å². The van der Waals surface area contributed by atoms with Gasteiger partial charge >= 0.3 is 0 Å². The quantitative estimate of drug-likeness (QED) is 0.503. The Balaban J connectivity index is 2.30. The highest BCUT2D eigenvalue weighted by Gasteiger charge is 2.20. The molecule has 0 aromatic heterocycles. The van der Waals surface area contributed by atoms with Crippen LogP contribution in [0.1, 0.15) is 6.42 Å². The van der Waals surface area contributed by atoms with E-state index < -0.39 is 0 Å². The second kappa shape index (κ2) is 2.67. The van der Waals surface area contributed by atoms with Crippen LogP contribution in [0.2, 0.25) is 0 Å². The summed E-state index contributed by atoms with van der Waals surface area (Å²) < 4.78 is 0. The van der Waals surface area contributed by atoms with Gasteiger partial charge in [0, 0.05) is 19.6 Å². The minimum atomic E-state index is 0.738. The first-order valence-electron chi connectivity index (χ1n) is 3.42. The molecule has 0 saturated carbocycles. The Kier molecular flexibility index (Phi) is 2.09. The molecule has 0 aliphatic carbocycles. The summed E-state index contributed by atoms with van der Waals surface area (Å²) >= 11 is 0. The normalized spacial score (nSPS) is 30.0. The van der Waals surface area contributed by atoms with Crippen molar-refractivity contribution in [3.05, 3.63) is 7.05 Å². The Hall–Kier alpha value is -0.0800. The highest BCUT2D eigenvalue weighted by atomic mass is 15.2. The van der Waals surface area contributed by atoms with Crippen molar-refractivity contribution in [1.82, 2.24) is 9.80 Å². The number of likely N-dealkylation sites (tertiary alicyclic amines) is 1. The average Bonchev–Trinajstić information content (AvgIpc) is 2.14. The van der Waals surface area contributed by atoms with E-state index in [0.717, 1.165) is 19.1 Å². The third kappa shape index (κ3) is 1.66. The Morgan fingerprint density at radius 3 is 2.44 bits per heavy atom. The Bertz CT molecular complexity index is 90.9. The zero-order valence-electron chi connectivity index (χ0n) is 6.30. The zero-order valence-corrected chi connectivity index (χ0v) is 6.30. The minimum absolute atomic E-state index is 0.738. The van der Waals surface area contributed by atoms with E-state index in [0.29, 0.717) is 0 Å². The molecule has 0 aromatic rings. The number of nitrogens with zero attached hydrogens (tertiary/aromatic N) is 2. The molecule has 0 bridgehead atoms. The smallest absolute Gasteiger partial charge is 0.0229 e. The molecule has 0 N–H and O–H groups in total. The van der Waals surface area contributed by atoms with E-state index in [2.05, 4.69) is 30.9 Å². The maximum Gasteiger partial charge on any atom is 0.0229 e. The molecular weight excluding hydrogens is 112 g/mol. The van der Waals surface area contributed by atoms with Crippen LogP contribution in [0.25, 0.3) is 0 Å². The van der Waals surface area contributed by atoms with Gasteiger partial charge in [-0.2, -0.15) is 0 Å². The fourth-order valence-electron chi connectivity index (χ4n) is 1.23. The summed E-state index contributed by atoms with van der Waals surface area (Å²) in [6.07, 6.45) is 1.27. The third-order valence-corrected chi connectivity index (χ3v) is 1.98. The Morgan fingerprint density at radius 2 is 2.22 bits per heavy atom. The van der Waals surface area contributed by atoms with Crippen molar-refractivity contribution >= 4 is 0 Å². The van der Waals surface area contributed by atoms with Crippen LogP contribution in [0.15, 0.2) is 0 Å². The lowest BCUT2D eigenvalue weighted by atomic mass is 10.2. The first-order chi connectivity index (χ1) is 4.20. The van der Waals surface area contributed by atoms with Crippen LogP contribution in [0.5, 0.6) is 0 Å². The molecule has 1 rings (SSSR count). The van der Waals surface area contributed by atoms with Crippen LogP contribution in [0.3, 0.4) is 0 Å². The second-order valence-electron chi connectivity index (χ2n) is 2.98. The van der Waals surface area contributed by atoms with Crippen LogP contribution < -0.4 is 0 Å². The van der Waals surface area contributed by atoms with E-state index in [4.69, 9.17) is 0 Å². The minimum Gasteiger partial charge on any atom is -0.305 e. The van der Waals surface area contributed by atoms with Crippen molar-refractivity contribution in [2.45, 2.75) is 12.5 Å². The highest BCUT2D eigenvalue weighted by molar-refractivity contribution is 4.79. The number of hydrogen-bond acceptors (Lipinski definition) is 2. The largest absolute Gasteiger partial charge is 0.305 e. The molecule has 2 nitrogen and oxygen atoms in total. The van der Waals surface area contributed by atoms with Crippen molar-refractivity contribution in [3.8, 4) is 0 Å². The Labute approximate surface area is 57.4 Å². The maximum absolute atomic E-state index is 3.88. The highest BCUT2D eigenvalue weighted by Crippen LogP contribution is 2.10. The summed E-state index contributed by atoms with van der Waals surface area (Å²) in [5.41, 5.74) is 0. The van der Waals surface area contributed by atoms with Crippen LogP contribution in [-0.4, -0.2) is 43.0 Å². The fourth-order valence-corrected chi connectivity index (χ4v) is 1.23. The predicted octanol–water partition coefficient (Wildman–Crippen LogP) is 0.414. The van der Waals surface area contributed by atoms with E-state index in [1.807, 2.05) is 0 Å². The van der Waals surface area contributed by atoms with Gasteiger partial charge in [-0.3, -0.25) is 0 Å². The van der Waals surface area contributed by atoms with E-state index >= 15 is 0 Å². The molecule has 9 heavy (non-hydrogen) atoms. The molecule has 1 fully saturated rings. The van der Waals surface area contributed by atoms with Gasteiger partial charge in [-0.05, 0) is 27.1 Å². The van der Waals surface area contributed by atoms with Gasteiger partial charge in [0.05, 0.1) is 0 Å². The number of rotatable bonds is 1. The van der Waals surface area contributed by atoms with Crippen molar-refractivity contribution < 1.29 is 0 Å². The monoisotopic (exact) mass is 127 g/mol. The van der Waals surface area contributed by atoms with Crippen LogP contribution in [0.4, 0.5) is 0 Å². The summed E-state index contributed by atoms with van der Waals surface area (Å²) in [5.74, 6) is 0. The molecule has 1 aliphatic heterocycles. The summed E-state index contributed by atoms with van der Waals surface area (Å²) in [5, 5.41) is 0. The molecule has 0 aromatic carbocycles. The van der Waals surface area contributed by atoms with Gasteiger partial charge in [0.2, 0.25) is 0 Å². The van der Waals surface area contributed by atoms with Gasteiger partial charge in [0.1, 0.15) is 0 Å². The first-order valence-corrected chi connectivity index (χ1v) is 3.42. The maximum atomic E-state index is 3.88. The van der Waals surface area contributed by atoms with Gasteiger partial charge in [0.15, 0.2) is 0 Å². The lowest BCUT2D eigenvalue weighted by molar-refractivity contribution is 0.295. The van der Waals surface area contributed by atoms with Crippen LogP contribution >= 0.6 is 0 Å². The van der Waals surface area contributed by atoms with Gasteiger partial charge in [-0.15, -0.1) is 0 Å². The molecule has 53 valence electrons. The van der Waals surface area contributed by atoms with Gasteiger partial charge in [-0.25, -0.2) is 0 Å². The third-order valence-electron chi connectivity index (χ3n) is 1.98. The predicted molar refractivity (Wildman–Crippen MR) is 39.0 cm³/mol. The lowest BCUT2D eigenvalue weighted by Crippen LogP contribution is -2.29. The van der Waals surface area contributed by atoms with Crippen LogP contribution in [0, 0.1) is 7.05 Å². The number of likely N-dealkylation sites (N-methyl/N-ethyl adjacent to an activating group) is 1. The Morgan fingerprint density at radius 1 is 1.56 bits per heavy atom. The SMILES string of the molecule is [CH2]N1CC[C@@H](N(C)C)C1. The second-order valence-corrected chi connectivity index (χ2v) is 2.98. The first kappa shape index (κ1) is 7.03. The summed E-state index contributed by atoms with van der Waals surface area (Å²) in [6, 6.07) is 0.738. The fraction of sp³-hybridized carbons (Fsp3) is 0.857. The van der Waals surface area contributed by atoms with E-state index in [9.17, 15) is 0 Å². The topological polar surface area (TPSA) is 6.48 Å². The summed E-state index contributed by atoms with van der Waals surface area (Å²) in [4.78, 5) is 4.40. The molecular formula is C7H15N2. The summed E-state index contributed by atoms with van der Waals surface area (Å²) in [6.45, 7) is 2.29. The molecule has 2 heteroatoms. The van der Waals surface area contributed by atoms with E-state index in [-0.39, 0.29) is 0 Å². The molecule has 0 amide bonds. The van der Waals surface area contributed by atoms with Crippen molar-refractivity contribution in [3.63, 3.8) is 0 Å². The zero-order chi connectivity index (χ0) is 6.85. The van der Waals surface area contributed by atoms with Gasteiger partial charge in [-0.1, -0.05) is 0 Å². The van der Waals surface area contributed by atoms with Crippen molar-refractivity contribution in [2.75, 3.05) is 27.2 Å². The average molecular weight is 127 g/mol. The van der Waals surface area contributed by atoms with E-state index in [1.165, 1.54) is 6.42 Å². The standard InChI is InChI=1S/C7H15N2/c1-8(2)7-4-5-9(3)6-7/h7H,3-6H2,1-2H3/t7-/m1/s1. The van der Waals surface area contributed by atoms with Crippen LogP contribution in [-0.2, 0) is 0 Å².